The Hall–Kier alpha value is -3.70. The summed E-state index contributed by atoms with van der Waals surface area (Å²) >= 11 is 0. The normalized spacial score (nSPS) is 19.4. The third-order valence-electron chi connectivity index (χ3n) is 6.57. The molecular weight excluding hydrogens is 426 g/mol. The van der Waals surface area contributed by atoms with Gasteiger partial charge in [0.15, 0.2) is 17.0 Å². The van der Waals surface area contributed by atoms with Gasteiger partial charge in [-0.15, -0.1) is 0 Å². The van der Waals surface area contributed by atoms with E-state index >= 15 is 0 Å². The summed E-state index contributed by atoms with van der Waals surface area (Å²) in [5.74, 6) is 0.450. The fourth-order valence-electron chi connectivity index (χ4n) is 4.85. The average Bonchev–Trinajstić information content (AvgIpc) is 3.41. The molecule has 2 unspecified atom stereocenters. The van der Waals surface area contributed by atoms with Crippen LogP contribution in [-0.4, -0.2) is 38.3 Å². The molecule has 2 aliphatic rings. The van der Waals surface area contributed by atoms with E-state index < -0.39 is 11.6 Å². The number of nitriles is 1. The number of benzene rings is 2. The molecule has 6 nitrogen and oxygen atoms in total. The average molecular weight is 448 g/mol. The zero-order valence-corrected chi connectivity index (χ0v) is 18.0. The first-order valence-electron chi connectivity index (χ1n) is 10.8. The standard InChI is InChI=1S/C25H22F2N4O2/c1-33-22-5-4-14(6-20(22)27)24-21(32)8-23(31-12-17-10-29-11-18(17)13-31)30-25(24)15-2-3-16(9-28)19(26)7-15/h2-8,17-18,29H,10-13H2,1H3,(H,30,32). The topological polar surface area (TPSA) is 81.2 Å². The summed E-state index contributed by atoms with van der Waals surface area (Å²) < 4.78 is 33.9. The van der Waals surface area contributed by atoms with Crippen LogP contribution in [0.25, 0.3) is 22.4 Å². The molecule has 2 aromatic carbocycles. The Kier molecular flexibility index (Phi) is 5.35. The Labute approximate surface area is 189 Å². The number of hydrogen-bond donors (Lipinski definition) is 2. The molecule has 0 spiro atoms. The summed E-state index contributed by atoms with van der Waals surface area (Å²) in [4.78, 5) is 18.8. The van der Waals surface area contributed by atoms with Gasteiger partial charge in [-0.2, -0.15) is 5.26 Å². The largest absolute Gasteiger partial charge is 0.494 e. The molecule has 2 aliphatic heterocycles. The lowest BCUT2D eigenvalue weighted by atomic mass is 9.97. The summed E-state index contributed by atoms with van der Waals surface area (Å²) in [5.41, 5.74) is 0.963. The molecule has 0 saturated carbocycles. The zero-order chi connectivity index (χ0) is 23.1. The van der Waals surface area contributed by atoms with E-state index in [0.29, 0.717) is 34.5 Å². The Bertz CT molecular complexity index is 1320. The van der Waals surface area contributed by atoms with Crippen molar-refractivity contribution in [1.82, 2.24) is 10.3 Å². The number of fused-ring (bicyclic) bond motifs is 1. The van der Waals surface area contributed by atoms with Crippen molar-refractivity contribution in [2.45, 2.75) is 0 Å². The summed E-state index contributed by atoms with van der Waals surface area (Å²) in [6, 6.07) is 11.8. The predicted octanol–water partition coefficient (Wildman–Crippen LogP) is 3.52. The maximum Gasteiger partial charge on any atom is 0.192 e. The van der Waals surface area contributed by atoms with Crippen LogP contribution >= 0.6 is 0 Å². The van der Waals surface area contributed by atoms with Crippen molar-refractivity contribution in [1.29, 1.82) is 5.26 Å². The molecule has 0 bridgehead atoms. The van der Waals surface area contributed by atoms with Gasteiger partial charge in [0.05, 0.1) is 23.9 Å². The molecule has 3 heterocycles. The number of nitrogens with zero attached hydrogens (tertiary/aromatic N) is 2. The fraction of sp³-hybridized carbons (Fsp3) is 0.280. The fourth-order valence-corrected chi connectivity index (χ4v) is 4.85. The molecule has 5 rings (SSSR count). The molecule has 3 aromatic rings. The van der Waals surface area contributed by atoms with Crippen molar-refractivity contribution >= 4 is 5.82 Å². The van der Waals surface area contributed by atoms with Crippen LogP contribution < -0.4 is 20.4 Å². The molecule has 8 heteroatoms. The van der Waals surface area contributed by atoms with Gasteiger partial charge in [0.1, 0.15) is 17.7 Å². The van der Waals surface area contributed by atoms with Crippen molar-refractivity contribution < 1.29 is 13.5 Å². The Morgan fingerprint density at radius 1 is 1.03 bits per heavy atom. The first-order valence-corrected chi connectivity index (χ1v) is 10.8. The van der Waals surface area contributed by atoms with E-state index in [9.17, 15) is 13.6 Å². The molecule has 0 radical (unpaired) electrons. The zero-order valence-electron chi connectivity index (χ0n) is 18.0. The smallest absolute Gasteiger partial charge is 0.192 e. The van der Waals surface area contributed by atoms with Gasteiger partial charge in [-0.3, -0.25) is 4.79 Å². The minimum Gasteiger partial charge on any atom is -0.494 e. The summed E-state index contributed by atoms with van der Waals surface area (Å²) in [7, 11) is 1.37. The number of pyridine rings is 1. The van der Waals surface area contributed by atoms with Gasteiger partial charge in [-0.25, -0.2) is 8.78 Å². The van der Waals surface area contributed by atoms with Crippen molar-refractivity contribution in [3.05, 3.63) is 69.9 Å². The molecule has 2 fully saturated rings. The number of ether oxygens (including phenoxy) is 1. The quantitative estimate of drug-likeness (QED) is 0.638. The highest BCUT2D eigenvalue weighted by Crippen LogP contribution is 2.35. The SMILES string of the molecule is COc1ccc(-c2c(-c3ccc(C#N)c(F)c3)[nH]c(N3CC4CNCC4C3)cc2=O)cc1F. The number of methoxy groups -OCH3 is 1. The van der Waals surface area contributed by atoms with Crippen molar-refractivity contribution in [3.63, 3.8) is 0 Å². The number of nitrogens with one attached hydrogen (secondary N) is 2. The van der Waals surface area contributed by atoms with E-state index in [4.69, 9.17) is 10.00 Å². The molecule has 2 atom stereocenters. The number of hydrogen-bond acceptors (Lipinski definition) is 5. The second-order valence-electron chi connectivity index (χ2n) is 8.51. The first kappa shape index (κ1) is 21.2. The molecule has 33 heavy (non-hydrogen) atoms. The Morgan fingerprint density at radius 3 is 2.36 bits per heavy atom. The maximum atomic E-state index is 14.5. The summed E-state index contributed by atoms with van der Waals surface area (Å²) in [6.45, 7) is 3.52. The second-order valence-corrected chi connectivity index (χ2v) is 8.51. The number of aromatic amines is 1. The van der Waals surface area contributed by atoms with Gasteiger partial charge in [-0.1, -0.05) is 12.1 Å². The van der Waals surface area contributed by atoms with E-state index in [0.717, 1.165) is 26.2 Å². The Morgan fingerprint density at radius 2 is 1.73 bits per heavy atom. The lowest BCUT2D eigenvalue weighted by Crippen LogP contribution is -2.27. The van der Waals surface area contributed by atoms with Crippen LogP contribution in [-0.2, 0) is 0 Å². The van der Waals surface area contributed by atoms with Gasteiger partial charge >= 0.3 is 0 Å². The van der Waals surface area contributed by atoms with Crippen LogP contribution in [0.5, 0.6) is 5.75 Å². The second kappa shape index (κ2) is 8.34. The van der Waals surface area contributed by atoms with Crippen LogP contribution in [0, 0.1) is 34.8 Å². The lowest BCUT2D eigenvalue weighted by molar-refractivity contribution is 0.386. The van der Waals surface area contributed by atoms with E-state index in [-0.39, 0.29) is 22.3 Å². The molecule has 1 aromatic heterocycles. The van der Waals surface area contributed by atoms with Gasteiger partial charge in [0.25, 0.3) is 0 Å². The van der Waals surface area contributed by atoms with Gasteiger partial charge in [0.2, 0.25) is 0 Å². The van der Waals surface area contributed by atoms with Gasteiger partial charge in [0, 0.05) is 37.8 Å². The number of aromatic nitrogens is 1. The van der Waals surface area contributed by atoms with Crippen LogP contribution in [0.2, 0.25) is 0 Å². The van der Waals surface area contributed by atoms with Crippen LogP contribution in [0.3, 0.4) is 0 Å². The number of anilines is 1. The summed E-state index contributed by atoms with van der Waals surface area (Å²) in [5, 5.41) is 12.5. The molecule has 2 saturated heterocycles. The highest BCUT2D eigenvalue weighted by atomic mass is 19.1. The van der Waals surface area contributed by atoms with E-state index in [2.05, 4.69) is 15.2 Å². The summed E-state index contributed by atoms with van der Waals surface area (Å²) in [6.07, 6.45) is 0. The van der Waals surface area contributed by atoms with Crippen molar-refractivity contribution in [3.8, 4) is 34.2 Å². The Balaban J connectivity index is 1.67. The molecule has 2 N–H and O–H groups in total. The van der Waals surface area contributed by atoms with E-state index in [1.54, 1.807) is 18.2 Å². The van der Waals surface area contributed by atoms with Crippen LogP contribution in [0.4, 0.5) is 14.6 Å². The predicted molar refractivity (Wildman–Crippen MR) is 121 cm³/mol. The number of rotatable bonds is 4. The van der Waals surface area contributed by atoms with E-state index in [1.807, 2.05) is 0 Å². The minimum atomic E-state index is -0.685. The molecular formula is C25H22F2N4O2. The third-order valence-corrected chi connectivity index (χ3v) is 6.57. The van der Waals surface area contributed by atoms with Crippen molar-refractivity contribution in [2.24, 2.45) is 11.8 Å². The lowest BCUT2D eigenvalue weighted by Gasteiger charge is -2.22. The minimum absolute atomic E-state index is 0.0648. The third kappa shape index (κ3) is 3.74. The molecule has 0 aliphatic carbocycles. The van der Waals surface area contributed by atoms with Crippen molar-refractivity contribution in [2.75, 3.05) is 38.2 Å². The highest BCUT2D eigenvalue weighted by molar-refractivity contribution is 5.82. The highest BCUT2D eigenvalue weighted by Gasteiger charge is 2.36. The molecule has 168 valence electrons. The van der Waals surface area contributed by atoms with Crippen LogP contribution in [0.1, 0.15) is 5.56 Å². The van der Waals surface area contributed by atoms with Gasteiger partial charge < -0.3 is 19.9 Å². The molecule has 0 amide bonds. The van der Waals surface area contributed by atoms with E-state index in [1.165, 1.54) is 37.4 Å². The first-order chi connectivity index (χ1) is 16.0. The monoisotopic (exact) mass is 448 g/mol. The van der Waals surface area contributed by atoms with Gasteiger partial charge in [-0.05, 0) is 41.7 Å². The number of H-pyrrole nitrogens is 1. The number of halogens is 2. The van der Waals surface area contributed by atoms with Crippen LogP contribution in [0.15, 0.2) is 47.3 Å². The maximum absolute atomic E-state index is 14.5.